The van der Waals surface area contributed by atoms with E-state index in [9.17, 15) is 9.59 Å². The van der Waals surface area contributed by atoms with E-state index in [4.69, 9.17) is 16.7 Å². The van der Waals surface area contributed by atoms with Crippen molar-refractivity contribution in [2.45, 2.75) is 11.8 Å². The highest BCUT2D eigenvalue weighted by Gasteiger charge is 2.17. The smallest absolute Gasteiger partial charge is 0.339 e. The molecule has 7 heteroatoms. The Labute approximate surface area is 130 Å². The lowest BCUT2D eigenvalue weighted by Crippen LogP contribution is -2.15. The molecule has 0 aliphatic carbocycles. The molecule has 3 N–H and O–H groups in total. The number of benzene rings is 1. The molecule has 0 unspecified atom stereocenters. The second-order valence-electron chi connectivity index (χ2n) is 4.30. The lowest BCUT2D eigenvalue weighted by Gasteiger charge is -2.05. The number of rotatable bonds is 5. The van der Waals surface area contributed by atoms with Gasteiger partial charge < -0.3 is 15.4 Å². The number of carboxylic acids is 1. The van der Waals surface area contributed by atoms with E-state index in [-0.39, 0.29) is 22.9 Å². The van der Waals surface area contributed by atoms with E-state index in [1.165, 1.54) is 18.0 Å². The van der Waals surface area contributed by atoms with Gasteiger partial charge in [0.2, 0.25) is 5.91 Å². The number of carboxylic acid groups (broad SMARTS) is 1. The first-order chi connectivity index (χ1) is 9.97. The standard InChI is InChI=1S/C14H13ClN2O3S/c1-8-13(14(19)20)11(6-16-8)17-12(18)7-21-10-4-2-9(15)3-5-10/h2-6,16H,7H2,1H3,(H,17,18)(H,19,20). The topological polar surface area (TPSA) is 82.2 Å². The van der Waals surface area contributed by atoms with Crippen LogP contribution in [0.5, 0.6) is 0 Å². The van der Waals surface area contributed by atoms with Crippen LogP contribution in [0.25, 0.3) is 0 Å². The Morgan fingerprint density at radius 3 is 2.62 bits per heavy atom. The third-order valence-electron chi connectivity index (χ3n) is 2.75. The number of aromatic carboxylic acids is 1. The number of hydrogen-bond acceptors (Lipinski definition) is 3. The number of carbonyl (C=O) groups is 2. The van der Waals surface area contributed by atoms with Crippen LogP contribution in [0, 0.1) is 6.92 Å². The molecule has 0 aliphatic heterocycles. The molecular formula is C14H13ClN2O3S. The van der Waals surface area contributed by atoms with Crippen LogP contribution < -0.4 is 5.32 Å². The Hall–Kier alpha value is -1.92. The van der Waals surface area contributed by atoms with Crippen LogP contribution >= 0.6 is 23.4 Å². The van der Waals surface area contributed by atoms with Crippen molar-refractivity contribution in [3.05, 3.63) is 46.7 Å². The highest BCUT2D eigenvalue weighted by atomic mass is 35.5. The second-order valence-corrected chi connectivity index (χ2v) is 5.78. The maximum atomic E-state index is 11.9. The van der Waals surface area contributed by atoms with Gasteiger partial charge in [-0.15, -0.1) is 11.8 Å². The van der Waals surface area contributed by atoms with Gasteiger partial charge in [-0.1, -0.05) is 11.6 Å². The summed E-state index contributed by atoms with van der Waals surface area (Å²) in [4.78, 5) is 26.7. The Morgan fingerprint density at radius 1 is 1.33 bits per heavy atom. The number of nitrogens with one attached hydrogen (secondary N) is 2. The average Bonchev–Trinajstić information content (AvgIpc) is 2.79. The molecule has 0 spiro atoms. The number of aromatic amines is 1. The van der Waals surface area contributed by atoms with Crippen molar-refractivity contribution in [3.8, 4) is 0 Å². The molecule has 0 bridgehead atoms. The number of anilines is 1. The highest BCUT2D eigenvalue weighted by molar-refractivity contribution is 8.00. The van der Waals surface area contributed by atoms with Gasteiger partial charge in [0.25, 0.3) is 0 Å². The molecule has 5 nitrogen and oxygen atoms in total. The van der Waals surface area contributed by atoms with E-state index in [1.54, 1.807) is 19.1 Å². The molecule has 2 rings (SSSR count). The van der Waals surface area contributed by atoms with Crippen LogP contribution in [0.2, 0.25) is 5.02 Å². The van der Waals surface area contributed by atoms with Crippen molar-refractivity contribution in [2.24, 2.45) is 0 Å². The fourth-order valence-corrected chi connectivity index (χ4v) is 2.59. The zero-order valence-corrected chi connectivity index (χ0v) is 12.7. The number of carbonyl (C=O) groups excluding carboxylic acids is 1. The van der Waals surface area contributed by atoms with E-state index in [1.807, 2.05) is 12.1 Å². The predicted octanol–water partition coefficient (Wildman–Crippen LogP) is 3.41. The largest absolute Gasteiger partial charge is 0.478 e. The number of aromatic nitrogens is 1. The molecule has 2 aromatic rings. The van der Waals surface area contributed by atoms with Crippen molar-refractivity contribution in [1.82, 2.24) is 4.98 Å². The van der Waals surface area contributed by atoms with Gasteiger partial charge in [0.05, 0.1) is 11.4 Å². The average molecular weight is 325 g/mol. The van der Waals surface area contributed by atoms with Crippen molar-refractivity contribution >= 4 is 40.9 Å². The summed E-state index contributed by atoms with van der Waals surface area (Å²) < 4.78 is 0. The summed E-state index contributed by atoms with van der Waals surface area (Å²) in [5.74, 6) is -1.16. The number of H-pyrrole nitrogens is 1. The minimum absolute atomic E-state index is 0.0832. The van der Waals surface area contributed by atoms with E-state index < -0.39 is 5.97 Å². The predicted molar refractivity (Wildman–Crippen MR) is 83.3 cm³/mol. The van der Waals surface area contributed by atoms with Gasteiger partial charge in [-0.3, -0.25) is 4.79 Å². The minimum atomic E-state index is -1.07. The molecular weight excluding hydrogens is 312 g/mol. The third kappa shape index (κ3) is 4.03. The second kappa shape index (κ2) is 6.69. The molecule has 110 valence electrons. The first-order valence-corrected chi connectivity index (χ1v) is 7.43. The van der Waals surface area contributed by atoms with Gasteiger partial charge in [-0.25, -0.2) is 4.79 Å². The van der Waals surface area contributed by atoms with E-state index >= 15 is 0 Å². The van der Waals surface area contributed by atoms with Crippen LogP contribution in [0.4, 0.5) is 5.69 Å². The fourth-order valence-electron chi connectivity index (χ4n) is 1.77. The SMILES string of the molecule is Cc1[nH]cc(NC(=O)CSc2ccc(Cl)cc2)c1C(=O)O. The quantitative estimate of drug-likeness (QED) is 0.736. The van der Waals surface area contributed by atoms with E-state index in [2.05, 4.69) is 10.3 Å². The number of thioether (sulfide) groups is 1. The van der Waals surface area contributed by atoms with E-state index in [0.717, 1.165) is 4.90 Å². The summed E-state index contributed by atoms with van der Waals surface area (Å²) in [6.45, 7) is 1.64. The number of hydrogen-bond donors (Lipinski definition) is 3. The van der Waals surface area contributed by atoms with Crippen LogP contribution in [-0.4, -0.2) is 27.7 Å². The summed E-state index contributed by atoms with van der Waals surface area (Å²) in [5, 5.41) is 12.3. The van der Waals surface area contributed by atoms with Crippen molar-refractivity contribution in [1.29, 1.82) is 0 Å². The van der Waals surface area contributed by atoms with Crippen molar-refractivity contribution < 1.29 is 14.7 Å². The lowest BCUT2D eigenvalue weighted by molar-refractivity contribution is -0.113. The molecule has 0 saturated carbocycles. The van der Waals surface area contributed by atoms with Gasteiger partial charge in [-0.05, 0) is 31.2 Å². The summed E-state index contributed by atoms with van der Waals surface area (Å²) in [7, 11) is 0. The molecule has 0 aliphatic rings. The zero-order chi connectivity index (χ0) is 15.4. The van der Waals surface area contributed by atoms with Gasteiger partial charge >= 0.3 is 5.97 Å². The molecule has 0 radical (unpaired) electrons. The van der Waals surface area contributed by atoms with Crippen LogP contribution in [0.3, 0.4) is 0 Å². The Kier molecular flexibility index (Phi) is 4.93. The minimum Gasteiger partial charge on any atom is -0.478 e. The molecule has 0 atom stereocenters. The molecule has 1 heterocycles. The maximum Gasteiger partial charge on any atom is 0.339 e. The molecule has 0 saturated heterocycles. The van der Waals surface area contributed by atoms with Crippen LogP contribution in [-0.2, 0) is 4.79 Å². The lowest BCUT2D eigenvalue weighted by atomic mass is 10.2. The molecule has 1 aromatic heterocycles. The first kappa shape index (κ1) is 15.5. The molecule has 0 fully saturated rings. The van der Waals surface area contributed by atoms with Crippen LogP contribution in [0.1, 0.15) is 16.1 Å². The zero-order valence-electron chi connectivity index (χ0n) is 11.1. The van der Waals surface area contributed by atoms with Gasteiger partial charge in [0, 0.05) is 21.8 Å². The number of aryl methyl sites for hydroxylation is 1. The summed E-state index contributed by atoms with van der Waals surface area (Å²) in [6.07, 6.45) is 1.48. The number of amides is 1. The van der Waals surface area contributed by atoms with E-state index in [0.29, 0.717) is 10.7 Å². The highest BCUT2D eigenvalue weighted by Crippen LogP contribution is 2.22. The van der Waals surface area contributed by atoms with Crippen molar-refractivity contribution in [2.75, 3.05) is 11.1 Å². The summed E-state index contributed by atoms with van der Waals surface area (Å²) >= 11 is 7.13. The fraction of sp³-hybridized carbons (Fsp3) is 0.143. The molecule has 1 aromatic carbocycles. The first-order valence-electron chi connectivity index (χ1n) is 6.07. The maximum absolute atomic E-state index is 11.9. The molecule has 21 heavy (non-hydrogen) atoms. The van der Waals surface area contributed by atoms with Gasteiger partial charge in [0.1, 0.15) is 5.56 Å². The Balaban J connectivity index is 1.96. The third-order valence-corrected chi connectivity index (χ3v) is 4.01. The monoisotopic (exact) mass is 324 g/mol. The summed E-state index contributed by atoms with van der Waals surface area (Å²) in [6, 6.07) is 7.15. The van der Waals surface area contributed by atoms with Crippen molar-refractivity contribution in [3.63, 3.8) is 0 Å². The van der Waals surface area contributed by atoms with Gasteiger partial charge in [-0.2, -0.15) is 0 Å². The normalized spacial score (nSPS) is 10.4. The molecule has 1 amide bonds. The van der Waals surface area contributed by atoms with Crippen LogP contribution in [0.15, 0.2) is 35.4 Å². The Bertz CT molecular complexity index is 667. The van der Waals surface area contributed by atoms with Gasteiger partial charge in [0.15, 0.2) is 0 Å². The summed E-state index contributed by atoms with van der Waals surface area (Å²) in [5.41, 5.74) is 0.865. The Morgan fingerprint density at radius 2 is 2.00 bits per heavy atom. The number of halogens is 1.